The highest BCUT2D eigenvalue weighted by atomic mass is 79.9. The molecule has 1 aliphatic rings. The van der Waals surface area contributed by atoms with Gasteiger partial charge in [-0.1, -0.05) is 11.6 Å². The van der Waals surface area contributed by atoms with Crippen LogP contribution < -0.4 is 0 Å². The summed E-state index contributed by atoms with van der Waals surface area (Å²) >= 11 is 11.1. The summed E-state index contributed by atoms with van der Waals surface area (Å²) < 4.78 is 0.767. The summed E-state index contributed by atoms with van der Waals surface area (Å²) in [7, 11) is 0. The molecule has 1 aromatic carbocycles. The van der Waals surface area contributed by atoms with Gasteiger partial charge in [-0.05, 0) is 34.1 Å². The lowest BCUT2D eigenvalue weighted by Crippen LogP contribution is -2.38. The first-order valence-electron chi connectivity index (χ1n) is 5.00. The van der Waals surface area contributed by atoms with Crippen molar-refractivity contribution in [2.75, 3.05) is 24.6 Å². The smallest absolute Gasteiger partial charge is 0.255 e. The highest BCUT2D eigenvalue weighted by Crippen LogP contribution is 2.23. The topological polar surface area (TPSA) is 20.3 Å². The van der Waals surface area contributed by atoms with Crippen LogP contribution in [0, 0.1) is 0 Å². The number of carbonyl (C=O) groups is 1. The predicted molar refractivity (Wildman–Crippen MR) is 72.4 cm³/mol. The maximum absolute atomic E-state index is 12.2. The van der Waals surface area contributed by atoms with Crippen LogP contribution in [0.3, 0.4) is 0 Å². The van der Waals surface area contributed by atoms with Crippen LogP contribution in [0.2, 0.25) is 5.02 Å². The van der Waals surface area contributed by atoms with Crippen molar-refractivity contribution < 1.29 is 4.79 Å². The molecule has 0 N–H and O–H groups in total. The number of thioether (sulfide) groups is 1. The van der Waals surface area contributed by atoms with E-state index in [1.807, 2.05) is 16.7 Å². The van der Waals surface area contributed by atoms with Crippen molar-refractivity contribution in [2.24, 2.45) is 0 Å². The zero-order valence-corrected chi connectivity index (χ0v) is 11.7. The third kappa shape index (κ3) is 2.73. The third-order valence-corrected chi connectivity index (χ3v) is 4.29. The number of halogens is 2. The van der Waals surface area contributed by atoms with Crippen molar-refractivity contribution in [1.29, 1.82) is 0 Å². The molecule has 0 saturated carbocycles. The molecule has 0 unspecified atom stereocenters. The van der Waals surface area contributed by atoms with Crippen LogP contribution in [-0.4, -0.2) is 35.4 Å². The predicted octanol–water partition coefficient (Wildman–Crippen LogP) is 3.29. The van der Waals surface area contributed by atoms with Gasteiger partial charge in [-0.15, -0.1) is 0 Å². The molecular formula is C11H11BrClNOS. The standard InChI is InChI=1S/C11H11BrClNOS/c12-10-7-8(13)1-2-9(10)11(15)14-3-5-16-6-4-14/h1-2,7H,3-6H2. The summed E-state index contributed by atoms with van der Waals surface area (Å²) in [5.41, 5.74) is 0.691. The maximum atomic E-state index is 12.2. The van der Waals surface area contributed by atoms with Crippen molar-refractivity contribution >= 4 is 45.2 Å². The molecule has 1 amide bonds. The molecule has 1 heterocycles. The summed E-state index contributed by atoms with van der Waals surface area (Å²) in [4.78, 5) is 14.1. The van der Waals surface area contributed by atoms with Crippen LogP contribution in [0.4, 0.5) is 0 Å². The Morgan fingerprint density at radius 3 is 2.69 bits per heavy atom. The summed E-state index contributed by atoms with van der Waals surface area (Å²) in [6, 6.07) is 5.28. The summed E-state index contributed by atoms with van der Waals surface area (Å²) in [5.74, 6) is 2.14. The monoisotopic (exact) mass is 319 g/mol. The van der Waals surface area contributed by atoms with Gasteiger partial charge in [0.05, 0.1) is 5.56 Å². The zero-order chi connectivity index (χ0) is 11.5. The molecule has 2 nitrogen and oxygen atoms in total. The largest absolute Gasteiger partial charge is 0.337 e. The van der Waals surface area contributed by atoms with Crippen molar-refractivity contribution in [2.45, 2.75) is 0 Å². The lowest BCUT2D eigenvalue weighted by atomic mass is 10.2. The second-order valence-electron chi connectivity index (χ2n) is 3.53. The number of hydrogen-bond acceptors (Lipinski definition) is 2. The van der Waals surface area contributed by atoms with E-state index in [1.54, 1.807) is 18.2 Å². The number of amides is 1. The molecule has 0 aliphatic carbocycles. The molecule has 0 spiro atoms. The summed E-state index contributed by atoms with van der Waals surface area (Å²) in [5, 5.41) is 0.637. The first-order chi connectivity index (χ1) is 7.68. The average Bonchev–Trinajstić information content (AvgIpc) is 2.29. The molecule has 16 heavy (non-hydrogen) atoms. The molecule has 0 radical (unpaired) electrons. The molecule has 0 bridgehead atoms. The van der Waals surface area contributed by atoms with Gasteiger partial charge in [-0.25, -0.2) is 0 Å². The number of nitrogens with zero attached hydrogens (tertiary/aromatic N) is 1. The second kappa shape index (κ2) is 5.43. The average molecular weight is 321 g/mol. The van der Waals surface area contributed by atoms with Crippen molar-refractivity contribution in [3.05, 3.63) is 33.3 Å². The van der Waals surface area contributed by atoms with Gasteiger partial charge in [-0.3, -0.25) is 4.79 Å². The Kier molecular flexibility index (Phi) is 4.16. The zero-order valence-electron chi connectivity index (χ0n) is 8.58. The van der Waals surface area contributed by atoms with Crippen LogP contribution in [0.5, 0.6) is 0 Å². The van der Waals surface area contributed by atoms with Crippen LogP contribution in [0.25, 0.3) is 0 Å². The minimum atomic E-state index is 0.0869. The van der Waals surface area contributed by atoms with Gasteiger partial charge in [0.2, 0.25) is 0 Å². The van der Waals surface area contributed by atoms with Gasteiger partial charge in [0.25, 0.3) is 5.91 Å². The Labute approximate surface area is 112 Å². The second-order valence-corrected chi connectivity index (χ2v) is 6.04. The van der Waals surface area contributed by atoms with Crippen molar-refractivity contribution in [3.8, 4) is 0 Å². The molecule has 1 aromatic rings. The Morgan fingerprint density at radius 1 is 1.38 bits per heavy atom. The SMILES string of the molecule is O=C(c1ccc(Cl)cc1Br)N1CCSCC1. The van der Waals surface area contributed by atoms with Crippen LogP contribution in [0.1, 0.15) is 10.4 Å². The van der Waals surface area contributed by atoms with Gasteiger partial charge in [0, 0.05) is 34.1 Å². The quantitative estimate of drug-likeness (QED) is 0.791. The van der Waals surface area contributed by atoms with E-state index in [-0.39, 0.29) is 5.91 Å². The van der Waals surface area contributed by atoms with Crippen molar-refractivity contribution in [1.82, 2.24) is 4.90 Å². The molecular weight excluding hydrogens is 310 g/mol. The van der Waals surface area contributed by atoms with E-state index < -0.39 is 0 Å². The van der Waals surface area contributed by atoms with Gasteiger partial charge < -0.3 is 4.90 Å². The van der Waals surface area contributed by atoms with Gasteiger partial charge >= 0.3 is 0 Å². The Morgan fingerprint density at radius 2 is 2.06 bits per heavy atom. The van der Waals surface area contributed by atoms with E-state index in [4.69, 9.17) is 11.6 Å². The summed E-state index contributed by atoms with van der Waals surface area (Å²) in [6.45, 7) is 1.66. The third-order valence-electron chi connectivity index (χ3n) is 2.46. The van der Waals surface area contributed by atoms with Crippen molar-refractivity contribution in [3.63, 3.8) is 0 Å². The normalized spacial score (nSPS) is 16.2. The van der Waals surface area contributed by atoms with Crippen LogP contribution in [-0.2, 0) is 0 Å². The number of benzene rings is 1. The first kappa shape index (κ1) is 12.3. The van der Waals surface area contributed by atoms with E-state index >= 15 is 0 Å². The van der Waals surface area contributed by atoms with Gasteiger partial charge in [-0.2, -0.15) is 11.8 Å². The highest BCUT2D eigenvalue weighted by Gasteiger charge is 2.20. The Hall–Kier alpha value is -0.190. The molecule has 1 aliphatic heterocycles. The van der Waals surface area contributed by atoms with E-state index in [2.05, 4.69) is 15.9 Å². The minimum Gasteiger partial charge on any atom is -0.337 e. The number of carbonyl (C=O) groups excluding carboxylic acids is 1. The van der Waals surface area contributed by atoms with Crippen LogP contribution >= 0.6 is 39.3 Å². The van der Waals surface area contributed by atoms with Crippen LogP contribution in [0.15, 0.2) is 22.7 Å². The number of rotatable bonds is 1. The fourth-order valence-electron chi connectivity index (χ4n) is 1.60. The molecule has 0 aromatic heterocycles. The Bertz CT molecular complexity index is 407. The molecule has 1 saturated heterocycles. The van der Waals surface area contributed by atoms with E-state index in [0.29, 0.717) is 10.6 Å². The molecule has 86 valence electrons. The summed E-state index contributed by atoms with van der Waals surface area (Å²) in [6.07, 6.45) is 0. The maximum Gasteiger partial charge on any atom is 0.255 e. The lowest BCUT2D eigenvalue weighted by Gasteiger charge is -2.26. The molecule has 0 atom stereocenters. The van der Waals surface area contributed by atoms with Gasteiger partial charge in [0.1, 0.15) is 0 Å². The first-order valence-corrected chi connectivity index (χ1v) is 7.33. The fraction of sp³-hybridized carbons (Fsp3) is 0.364. The lowest BCUT2D eigenvalue weighted by molar-refractivity contribution is 0.0771. The van der Waals surface area contributed by atoms with E-state index in [9.17, 15) is 4.79 Å². The number of hydrogen-bond donors (Lipinski definition) is 0. The molecule has 2 rings (SSSR count). The van der Waals surface area contributed by atoms with E-state index in [1.165, 1.54) is 0 Å². The molecule has 5 heteroatoms. The minimum absolute atomic E-state index is 0.0869. The van der Waals surface area contributed by atoms with Gasteiger partial charge in [0.15, 0.2) is 0 Å². The fourth-order valence-corrected chi connectivity index (χ4v) is 3.36. The van der Waals surface area contributed by atoms with E-state index in [0.717, 1.165) is 29.1 Å². The Balaban J connectivity index is 2.19. The highest BCUT2D eigenvalue weighted by molar-refractivity contribution is 9.10. The molecule has 1 fully saturated rings.